The van der Waals surface area contributed by atoms with E-state index in [2.05, 4.69) is 5.32 Å². The molecule has 154 valence electrons. The first-order valence-electron chi connectivity index (χ1n) is 9.66. The highest BCUT2D eigenvalue weighted by molar-refractivity contribution is 5.90. The molecular formula is C22H22N4O4. The van der Waals surface area contributed by atoms with Crippen molar-refractivity contribution in [2.24, 2.45) is 0 Å². The molecule has 3 aromatic rings. The zero-order valence-electron chi connectivity index (χ0n) is 16.5. The second-order valence-electron chi connectivity index (χ2n) is 7.13. The second-order valence-corrected chi connectivity index (χ2v) is 7.13. The third-order valence-corrected chi connectivity index (χ3v) is 4.94. The van der Waals surface area contributed by atoms with Gasteiger partial charge in [-0.05, 0) is 29.8 Å². The van der Waals surface area contributed by atoms with E-state index in [1.165, 1.54) is 11.8 Å². The Morgan fingerprint density at radius 3 is 2.43 bits per heavy atom. The number of benzene rings is 2. The Hall–Kier alpha value is -3.81. The third-order valence-electron chi connectivity index (χ3n) is 4.94. The molecule has 2 heterocycles. The maximum absolute atomic E-state index is 12.7. The Morgan fingerprint density at radius 2 is 1.73 bits per heavy atom. The van der Waals surface area contributed by atoms with E-state index < -0.39 is 12.2 Å². The lowest BCUT2D eigenvalue weighted by Gasteiger charge is -2.13. The fourth-order valence-electron chi connectivity index (χ4n) is 3.40. The van der Waals surface area contributed by atoms with E-state index in [9.17, 15) is 14.4 Å². The topological polar surface area (TPSA) is 85.6 Å². The van der Waals surface area contributed by atoms with Gasteiger partial charge in [0.15, 0.2) is 0 Å². The van der Waals surface area contributed by atoms with Crippen molar-refractivity contribution in [1.82, 2.24) is 14.5 Å². The number of hydrogen-bond acceptors (Lipinski definition) is 4. The summed E-state index contributed by atoms with van der Waals surface area (Å²) in [5.74, 6) is -0.168. The second kappa shape index (κ2) is 8.28. The molecule has 4 rings (SSSR count). The highest BCUT2D eigenvalue weighted by atomic mass is 16.6. The maximum atomic E-state index is 12.7. The van der Waals surface area contributed by atoms with Crippen LogP contribution in [0.1, 0.15) is 12.5 Å². The fourth-order valence-corrected chi connectivity index (χ4v) is 3.40. The Bertz CT molecular complexity index is 1100. The SMILES string of the molecule is CC(=O)NC[C@H]1CN(c2ccc(-n3ccn(Cc4ccccc4)c3=O)cc2)C(=O)O1. The van der Waals surface area contributed by atoms with Gasteiger partial charge < -0.3 is 10.1 Å². The number of cyclic esters (lactones) is 1. The minimum atomic E-state index is -0.454. The fraction of sp³-hybridized carbons (Fsp3) is 0.227. The summed E-state index contributed by atoms with van der Waals surface area (Å²) in [6.45, 7) is 2.55. The third kappa shape index (κ3) is 4.12. The Labute approximate surface area is 173 Å². The minimum absolute atomic E-state index is 0.137. The first-order valence-corrected chi connectivity index (χ1v) is 9.66. The molecule has 0 saturated carbocycles. The van der Waals surface area contributed by atoms with Crippen LogP contribution < -0.4 is 15.9 Å². The molecule has 0 spiro atoms. The molecule has 2 amide bonds. The van der Waals surface area contributed by atoms with Crippen LogP contribution in [-0.4, -0.2) is 40.3 Å². The number of amides is 2. The molecule has 2 aromatic carbocycles. The number of rotatable bonds is 6. The molecule has 8 nitrogen and oxygen atoms in total. The molecule has 1 aliphatic heterocycles. The summed E-state index contributed by atoms with van der Waals surface area (Å²) in [6.07, 6.45) is 2.64. The van der Waals surface area contributed by atoms with Crippen LogP contribution in [0, 0.1) is 0 Å². The van der Waals surface area contributed by atoms with Crippen molar-refractivity contribution < 1.29 is 14.3 Å². The van der Waals surface area contributed by atoms with Gasteiger partial charge in [0.1, 0.15) is 6.10 Å². The van der Waals surface area contributed by atoms with Crippen LogP contribution in [0.4, 0.5) is 10.5 Å². The summed E-state index contributed by atoms with van der Waals surface area (Å²) in [4.78, 5) is 37.4. The van der Waals surface area contributed by atoms with Gasteiger partial charge in [0, 0.05) is 25.0 Å². The first-order chi connectivity index (χ1) is 14.5. The van der Waals surface area contributed by atoms with Crippen LogP contribution in [0.3, 0.4) is 0 Å². The van der Waals surface area contributed by atoms with Crippen LogP contribution in [0.15, 0.2) is 71.8 Å². The summed E-state index contributed by atoms with van der Waals surface area (Å²) in [5, 5.41) is 2.65. The molecule has 1 aliphatic rings. The van der Waals surface area contributed by atoms with Gasteiger partial charge in [-0.3, -0.25) is 18.8 Å². The lowest BCUT2D eigenvalue weighted by molar-refractivity contribution is -0.119. The van der Waals surface area contributed by atoms with Crippen LogP contribution in [0.2, 0.25) is 0 Å². The number of nitrogens with one attached hydrogen (secondary N) is 1. The van der Waals surface area contributed by atoms with Crippen LogP contribution in [0.5, 0.6) is 0 Å². The molecule has 1 aromatic heterocycles. The number of imidazole rings is 1. The Morgan fingerprint density at radius 1 is 1.03 bits per heavy atom. The maximum Gasteiger partial charge on any atom is 0.414 e. The van der Waals surface area contributed by atoms with Crippen molar-refractivity contribution in [3.63, 3.8) is 0 Å². The van der Waals surface area contributed by atoms with Crippen molar-refractivity contribution in [3.05, 3.63) is 83.0 Å². The first kappa shape index (κ1) is 19.5. The number of aromatic nitrogens is 2. The normalized spacial score (nSPS) is 15.8. The average molecular weight is 406 g/mol. The van der Waals surface area contributed by atoms with Gasteiger partial charge in [-0.2, -0.15) is 0 Å². The summed E-state index contributed by atoms with van der Waals surface area (Å²) in [5.41, 5.74) is 2.29. The Kier molecular flexibility index (Phi) is 5.38. The average Bonchev–Trinajstić information content (AvgIpc) is 3.30. The quantitative estimate of drug-likeness (QED) is 0.680. The molecule has 0 radical (unpaired) electrons. The van der Waals surface area contributed by atoms with E-state index in [-0.39, 0.29) is 18.1 Å². The van der Waals surface area contributed by atoms with E-state index in [0.29, 0.717) is 24.5 Å². The minimum Gasteiger partial charge on any atom is -0.442 e. The molecular weight excluding hydrogens is 384 g/mol. The van der Waals surface area contributed by atoms with Crippen molar-refractivity contribution in [1.29, 1.82) is 0 Å². The van der Waals surface area contributed by atoms with Gasteiger partial charge in [0.2, 0.25) is 5.91 Å². The zero-order valence-corrected chi connectivity index (χ0v) is 16.5. The standard InChI is InChI=1S/C22H22N4O4/c1-16(27)23-13-20-15-26(22(29)30-20)19-9-7-18(8-10-19)25-12-11-24(21(25)28)14-17-5-3-2-4-6-17/h2-12,20H,13-15H2,1H3,(H,23,27)/t20-/m0/s1. The summed E-state index contributed by atoms with van der Waals surface area (Å²) >= 11 is 0. The molecule has 0 bridgehead atoms. The molecule has 1 fully saturated rings. The Balaban J connectivity index is 1.47. The van der Waals surface area contributed by atoms with E-state index in [1.807, 2.05) is 30.3 Å². The van der Waals surface area contributed by atoms with Gasteiger partial charge >= 0.3 is 11.8 Å². The van der Waals surface area contributed by atoms with Gasteiger partial charge in [-0.25, -0.2) is 9.59 Å². The van der Waals surface area contributed by atoms with Gasteiger partial charge in [0.05, 0.1) is 25.3 Å². The van der Waals surface area contributed by atoms with Gasteiger partial charge in [0.25, 0.3) is 0 Å². The van der Waals surface area contributed by atoms with Crippen LogP contribution in [-0.2, 0) is 16.1 Å². The molecule has 8 heteroatoms. The molecule has 0 unspecified atom stereocenters. The zero-order chi connectivity index (χ0) is 21.1. The molecule has 30 heavy (non-hydrogen) atoms. The predicted octanol–water partition coefficient (Wildman–Crippen LogP) is 2.15. The number of nitrogens with zero attached hydrogens (tertiary/aromatic N) is 3. The van der Waals surface area contributed by atoms with Gasteiger partial charge in [-0.15, -0.1) is 0 Å². The van der Waals surface area contributed by atoms with Crippen molar-refractivity contribution in [3.8, 4) is 5.69 Å². The van der Waals surface area contributed by atoms with E-state index in [4.69, 9.17) is 4.74 Å². The number of carbonyl (C=O) groups is 2. The lowest BCUT2D eigenvalue weighted by atomic mass is 10.2. The largest absolute Gasteiger partial charge is 0.442 e. The molecule has 1 N–H and O–H groups in total. The number of hydrogen-bond donors (Lipinski definition) is 1. The highest BCUT2D eigenvalue weighted by Gasteiger charge is 2.32. The molecule has 0 aliphatic carbocycles. The van der Waals surface area contributed by atoms with E-state index in [1.54, 1.807) is 45.8 Å². The molecule has 1 saturated heterocycles. The van der Waals surface area contributed by atoms with Crippen molar-refractivity contribution in [2.75, 3.05) is 18.0 Å². The van der Waals surface area contributed by atoms with E-state index >= 15 is 0 Å². The summed E-state index contributed by atoms with van der Waals surface area (Å²) in [6, 6.07) is 16.9. The number of ether oxygens (including phenoxy) is 1. The van der Waals surface area contributed by atoms with Gasteiger partial charge in [-0.1, -0.05) is 30.3 Å². The summed E-state index contributed by atoms with van der Waals surface area (Å²) in [7, 11) is 0. The summed E-state index contributed by atoms with van der Waals surface area (Å²) < 4.78 is 8.50. The molecule has 1 atom stereocenters. The number of carbonyl (C=O) groups excluding carboxylic acids is 2. The van der Waals surface area contributed by atoms with Crippen molar-refractivity contribution in [2.45, 2.75) is 19.6 Å². The predicted molar refractivity (Wildman–Crippen MR) is 112 cm³/mol. The van der Waals surface area contributed by atoms with Crippen LogP contribution >= 0.6 is 0 Å². The van der Waals surface area contributed by atoms with Crippen LogP contribution in [0.25, 0.3) is 5.69 Å². The lowest BCUT2D eigenvalue weighted by Crippen LogP contribution is -2.33. The monoisotopic (exact) mass is 406 g/mol. The van der Waals surface area contributed by atoms with E-state index in [0.717, 1.165) is 5.56 Å². The smallest absolute Gasteiger partial charge is 0.414 e. The van der Waals surface area contributed by atoms with Crippen molar-refractivity contribution >= 4 is 17.7 Å². The number of anilines is 1. The highest BCUT2D eigenvalue weighted by Crippen LogP contribution is 2.22.